The summed E-state index contributed by atoms with van der Waals surface area (Å²) in [5.74, 6) is -1.28. The van der Waals surface area contributed by atoms with Crippen molar-refractivity contribution in [1.82, 2.24) is 4.72 Å². The molecule has 4 nitrogen and oxygen atoms in total. The highest BCUT2D eigenvalue weighted by Crippen LogP contribution is 2.12. The van der Waals surface area contributed by atoms with Gasteiger partial charge in [0.25, 0.3) is 0 Å². The fraction of sp³-hybridized carbons (Fsp3) is 0.700. The molecule has 0 fully saturated rings. The highest BCUT2D eigenvalue weighted by Gasteiger charge is 2.28. The lowest BCUT2D eigenvalue weighted by Crippen LogP contribution is -2.46. The SMILES string of the molecule is C=C[C@H](C)[C@@H](NS(=O)C(C)(C)C)C(=O)O. The number of nitrogens with one attached hydrogen (secondary N) is 1. The maximum Gasteiger partial charge on any atom is 0.322 e. The fourth-order valence-corrected chi connectivity index (χ4v) is 1.71. The van der Waals surface area contributed by atoms with Gasteiger partial charge in [-0.15, -0.1) is 6.58 Å². The first-order valence-corrected chi connectivity index (χ1v) is 5.88. The molecule has 0 heterocycles. The molecular weight excluding hydrogens is 214 g/mol. The molecule has 0 aliphatic heterocycles. The van der Waals surface area contributed by atoms with Gasteiger partial charge in [-0.1, -0.05) is 13.0 Å². The van der Waals surface area contributed by atoms with E-state index in [0.29, 0.717) is 0 Å². The van der Waals surface area contributed by atoms with Gasteiger partial charge in [-0.05, 0) is 20.8 Å². The largest absolute Gasteiger partial charge is 0.480 e. The number of hydrogen-bond acceptors (Lipinski definition) is 2. The lowest BCUT2D eigenvalue weighted by molar-refractivity contribution is -0.139. The maximum absolute atomic E-state index is 11.7. The van der Waals surface area contributed by atoms with Crippen LogP contribution in [0.5, 0.6) is 0 Å². The molecular formula is C10H19NO3S. The first-order chi connectivity index (χ1) is 6.70. The van der Waals surface area contributed by atoms with E-state index in [4.69, 9.17) is 5.11 Å². The summed E-state index contributed by atoms with van der Waals surface area (Å²) < 4.78 is 13.8. The van der Waals surface area contributed by atoms with Crippen LogP contribution in [-0.2, 0) is 15.8 Å². The number of carboxylic acid groups (broad SMARTS) is 1. The van der Waals surface area contributed by atoms with Crippen LogP contribution in [0, 0.1) is 5.92 Å². The molecule has 0 aromatic carbocycles. The Balaban J connectivity index is 4.64. The predicted octanol–water partition coefficient (Wildman–Crippen LogP) is 1.31. The summed E-state index contributed by atoms with van der Waals surface area (Å²) in [6.07, 6.45) is 1.53. The summed E-state index contributed by atoms with van der Waals surface area (Å²) in [5, 5.41) is 8.94. The fourth-order valence-electron chi connectivity index (χ4n) is 0.811. The molecule has 0 aliphatic carbocycles. The average Bonchev–Trinajstić information content (AvgIpc) is 2.10. The van der Waals surface area contributed by atoms with Crippen LogP contribution in [-0.4, -0.2) is 26.1 Å². The average molecular weight is 233 g/mol. The molecule has 0 aliphatic rings. The Hall–Kier alpha value is -0.680. The lowest BCUT2D eigenvalue weighted by Gasteiger charge is -2.24. The van der Waals surface area contributed by atoms with Gasteiger partial charge in [-0.25, -0.2) is 8.93 Å². The highest BCUT2D eigenvalue weighted by atomic mass is 32.2. The van der Waals surface area contributed by atoms with Crippen molar-refractivity contribution in [3.05, 3.63) is 12.7 Å². The van der Waals surface area contributed by atoms with Crippen LogP contribution in [0.25, 0.3) is 0 Å². The Kier molecular flexibility index (Phi) is 5.17. The topological polar surface area (TPSA) is 66.4 Å². The van der Waals surface area contributed by atoms with Crippen LogP contribution in [0.15, 0.2) is 12.7 Å². The van der Waals surface area contributed by atoms with Gasteiger partial charge in [-0.2, -0.15) is 0 Å². The number of aliphatic carboxylic acids is 1. The second-order valence-corrected chi connectivity index (χ2v) is 6.41. The number of carbonyl (C=O) groups is 1. The van der Waals surface area contributed by atoms with Crippen LogP contribution in [0.4, 0.5) is 0 Å². The zero-order chi connectivity index (χ0) is 12.2. The van der Waals surface area contributed by atoms with E-state index in [2.05, 4.69) is 11.3 Å². The summed E-state index contributed by atoms with van der Waals surface area (Å²) in [5.41, 5.74) is 0. The summed E-state index contributed by atoms with van der Waals surface area (Å²) in [6.45, 7) is 10.6. The van der Waals surface area contributed by atoms with Gasteiger partial charge in [0.2, 0.25) is 0 Å². The Morgan fingerprint density at radius 1 is 1.53 bits per heavy atom. The zero-order valence-corrected chi connectivity index (χ0v) is 10.4. The Labute approximate surface area is 93.3 Å². The van der Waals surface area contributed by atoms with E-state index < -0.39 is 27.7 Å². The third kappa shape index (κ3) is 4.57. The van der Waals surface area contributed by atoms with Crippen molar-refractivity contribution in [1.29, 1.82) is 0 Å². The molecule has 1 unspecified atom stereocenters. The van der Waals surface area contributed by atoms with Gasteiger partial charge >= 0.3 is 5.97 Å². The lowest BCUT2D eigenvalue weighted by atomic mass is 10.0. The second kappa shape index (κ2) is 5.42. The summed E-state index contributed by atoms with van der Waals surface area (Å²) in [4.78, 5) is 10.9. The molecule has 0 radical (unpaired) electrons. The molecule has 0 saturated carbocycles. The third-order valence-corrected chi connectivity index (χ3v) is 3.53. The summed E-state index contributed by atoms with van der Waals surface area (Å²) >= 11 is 0. The maximum atomic E-state index is 11.7. The molecule has 0 amide bonds. The molecule has 0 aromatic heterocycles. The van der Waals surface area contributed by atoms with Crippen LogP contribution < -0.4 is 4.72 Å². The van der Waals surface area contributed by atoms with Crippen molar-refractivity contribution in [3.63, 3.8) is 0 Å². The standard InChI is InChI=1S/C10H19NO3S/c1-6-7(2)8(9(12)13)11-15(14)10(3,4)5/h6-8,11H,1H2,2-5H3,(H,12,13)/t7-,8+,15?/m0/s1. The minimum atomic E-state index is -1.39. The van der Waals surface area contributed by atoms with E-state index >= 15 is 0 Å². The molecule has 0 rings (SSSR count). The first kappa shape index (κ1) is 14.3. The van der Waals surface area contributed by atoms with Gasteiger partial charge in [0.15, 0.2) is 0 Å². The van der Waals surface area contributed by atoms with Gasteiger partial charge in [0.1, 0.15) is 6.04 Å². The van der Waals surface area contributed by atoms with Gasteiger partial charge in [0, 0.05) is 5.92 Å². The van der Waals surface area contributed by atoms with E-state index in [1.807, 2.05) is 0 Å². The molecule has 2 N–H and O–H groups in total. The van der Waals surface area contributed by atoms with Gasteiger partial charge < -0.3 is 5.11 Å². The van der Waals surface area contributed by atoms with Crippen molar-refractivity contribution < 1.29 is 14.1 Å². The van der Waals surface area contributed by atoms with Gasteiger partial charge in [0.05, 0.1) is 15.7 Å². The minimum Gasteiger partial charge on any atom is -0.480 e. The molecule has 0 saturated heterocycles. The highest BCUT2D eigenvalue weighted by molar-refractivity contribution is 7.84. The number of hydrogen-bond donors (Lipinski definition) is 2. The third-order valence-electron chi connectivity index (χ3n) is 1.95. The Bertz CT molecular complexity index is 270. The number of rotatable bonds is 5. The monoisotopic (exact) mass is 233 g/mol. The molecule has 0 aromatic rings. The molecule has 88 valence electrons. The molecule has 3 atom stereocenters. The van der Waals surface area contributed by atoms with Crippen molar-refractivity contribution in [3.8, 4) is 0 Å². The molecule has 0 spiro atoms. The van der Waals surface area contributed by atoms with Gasteiger partial charge in [-0.3, -0.25) is 4.79 Å². The van der Waals surface area contributed by atoms with E-state index in [0.717, 1.165) is 0 Å². The smallest absolute Gasteiger partial charge is 0.322 e. The van der Waals surface area contributed by atoms with E-state index in [1.165, 1.54) is 6.08 Å². The quantitative estimate of drug-likeness (QED) is 0.704. The van der Waals surface area contributed by atoms with Crippen LogP contribution in [0.2, 0.25) is 0 Å². The predicted molar refractivity (Wildman–Crippen MR) is 61.8 cm³/mol. The zero-order valence-electron chi connectivity index (χ0n) is 9.61. The minimum absolute atomic E-state index is 0.270. The number of carboxylic acids is 1. The van der Waals surface area contributed by atoms with Crippen LogP contribution in [0.3, 0.4) is 0 Å². The van der Waals surface area contributed by atoms with Crippen molar-refractivity contribution in [2.45, 2.75) is 38.5 Å². The first-order valence-electron chi connectivity index (χ1n) is 4.73. The molecule has 15 heavy (non-hydrogen) atoms. The Morgan fingerprint density at radius 2 is 2.00 bits per heavy atom. The van der Waals surface area contributed by atoms with Crippen molar-refractivity contribution in [2.75, 3.05) is 0 Å². The Morgan fingerprint density at radius 3 is 2.27 bits per heavy atom. The van der Waals surface area contributed by atoms with E-state index in [9.17, 15) is 9.00 Å². The summed E-state index contributed by atoms with van der Waals surface area (Å²) in [6, 6.07) is -0.859. The second-order valence-electron chi connectivity index (χ2n) is 4.41. The van der Waals surface area contributed by atoms with E-state index in [-0.39, 0.29) is 5.92 Å². The molecule has 5 heteroatoms. The summed E-state index contributed by atoms with van der Waals surface area (Å²) in [7, 11) is -1.39. The van der Waals surface area contributed by atoms with Crippen molar-refractivity contribution >= 4 is 17.0 Å². The normalized spacial score (nSPS) is 17.9. The van der Waals surface area contributed by atoms with Crippen LogP contribution >= 0.6 is 0 Å². The van der Waals surface area contributed by atoms with E-state index in [1.54, 1.807) is 27.7 Å². The van der Waals surface area contributed by atoms with Crippen LogP contribution in [0.1, 0.15) is 27.7 Å². The van der Waals surface area contributed by atoms with Crippen molar-refractivity contribution in [2.24, 2.45) is 5.92 Å². The molecule has 0 bridgehead atoms.